The Kier molecular flexibility index (Phi) is 9.29. The van der Waals surface area contributed by atoms with Gasteiger partial charge in [0, 0.05) is 55.6 Å². The summed E-state index contributed by atoms with van der Waals surface area (Å²) in [5.74, 6) is 0.402. The summed E-state index contributed by atoms with van der Waals surface area (Å²) >= 11 is 0. The monoisotopic (exact) mass is 565 g/mol. The summed E-state index contributed by atoms with van der Waals surface area (Å²) in [7, 11) is 4.92. The van der Waals surface area contributed by atoms with Gasteiger partial charge in [-0.05, 0) is 82.9 Å². The molecule has 2 aromatic carbocycles. The van der Waals surface area contributed by atoms with Crippen molar-refractivity contribution in [1.82, 2.24) is 9.47 Å². The molecule has 9 nitrogen and oxygen atoms in total. The van der Waals surface area contributed by atoms with Crippen LogP contribution in [0.15, 0.2) is 36.5 Å². The minimum absolute atomic E-state index is 0.0171. The molecule has 0 saturated carbocycles. The zero-order valence-electron chi connectivity index (χ0n) is 25.5. The fourth-order valence-corrected chi connectivity index (χ4v) is 5.76. The van der Waals surface area contributed by atoms with Crippen LogP contribution in [0.1, 0.15) is 73.6 Å². The smallest absolute Gasteiger partial charge is 0.419 e. The van der Waals surface area contributed by atoms with Crippen LogP contribution >= 0.6 is 0 Å². The number of likely N-dealkylation sites (tertiary alicyclic amines) is 1. The first-order chi connectivity index (χ1) is 19.5. The SMILES string of the molecule is CCO[C@H]1CCN(Cc2c(OC)cc(C)c3c2ccn3C(=O)OC(C)(C)C)[C@@H](c2ccc(C(=O)OC)cc2NC)C1. The van der Waals surface area contributed by atoms with E-state index in [0.717, 1.165) is 58.4 Å². The maximum atomic E-state index is 13.1. The van der Waals surface area contributed by atoms with Gasteiger partial charge in [0.25, 0.3) is 0 Å². The lowest BCUT2D eigenvalue weighted by Crippen LogP contribution is -2.39. The number of methoxy groups -OCH3 is 2. The second-order valence-electron chi connectivity index (χ2n) is 11.4. The Morgan fingerprint density at radius 2 is 1.88 bits per heavy atom. The van der Waals surface area contributed by atoms with E-state index in [1.807, 2.05) is 72.0 Å². The molecule has 0 bridgehead atoms. The maximum absolute atomic E-state index is 13.1. The topological polar surface area (TPSA) is 91.3 Å². The number of rotatable bonds is 8. The van der Waals surface area contributed by atoms with E-state index in [-0.39, 0.29) is 18.1 Å². The number of carbonyl (C=O) groups excluding carboxylic acids is 2. The third kappa shape index (κ3) is 6.52. The minimum atomic E-state index is -0.608. The number of nitrogens with zero attached hydrogens (tertiary/aromatic N) is 2. The van der Waals surface area contributed by atoms with Gasteiger partial charge in [0.1, 0.15) is 11.4 Å². The first kappa shape index (κ1) is 30.4. The molecule has 1 aromatic heterocycles. The lowest BCUT2D eigenvalue weighted by Gasteiger charge is -2.40. The van der Waals surface area contributed by atoms with E-state index in [2.05, 4.69) is 10.2 Å². The molecule has 2 atom stereocenters. The lowest BCUT2D eigenvalue weighted by molar-refractivity contribution is -0.0136. The van der Waals surface area contributed by atoms with E-state index in [4.69, 9.17) is 18.9 Å². The molecule has 9 heteroatoms. The van der Waals surface area contributed by atoms with E-state index in [0.29, 0.717) is 18.7 Å². The number of nitrogens with one attached hydrogen (secondary N) is 1. The van der Waals surface area contributed by atoms with Gasteiger partial charge < -0.3 is 24.3 Å². The molecule has 0 unspecified atom stereocenters. The molecule has 1 saturated heterocycles. The highest BCUT2D eigenvalue weighted by Crippen LogP contribution is 2.40. The van der Waals surface area contributed by atoms with Crippen molar-refractivity contribution >= 4 is 28.7 Å². The van der Waals surface area contributed by atoms with Crippen LogP contribution in [0.4, 0.5) is 10.5 Å². The number of carbonyl (C=O) groups is 2. The Morgan fingerprint density at radius 3 is 2.51 bits per heavy atom. The highest BCUT2D eigenvalue weighted by atomic mass is 16.6. The van der Waals surface area contributed by atoms with Gasteiger partial charge in [0.15, 0.2) is 0 Å². The normalized spacial score (nSPS) is 17.9. The van der Waals surface area contributed by atoms with Crippen LogP contribution in [-0.4, -0.2) is 67.7 Å². The van der Waals surface area contributed by atoms with Gasteiger partial charge in [-0.1, -0.05) is 6.07 Å². The van der Waals surface area contributed by atoms with Crippen molar-refractivity contribution in [3.63, 3.8) is 0 Å². The van der Waals surface area contributed by atoms with E-state index in [9.17, 15) is 9.59 Å². The van der Waals surface area contributed by atoms with Crippen molar-refractivity contribution in [2.75, 3.05) is 39.7 Å². The summed E-state index contributed by atoms with van der Waals surface area (Å²) in [5, 5.41) is 4.23. The number of ether oxygens (including phenoxy) is 4. The predicted octanol–water partition coefficient (Wildman–Crippen LogP) is 6.31. The average molecular weight is 566 g/mol. The van der Waals surface area contributed by atoms with Crippen LogP contribution in [0, 0.1) is 6.92 Å². The second-order valence-corrected chi connectivity index (χ2v) is 11.4. The first-order valence-electron chi connectivity index (χ1n) is 14.2. The third-order valence-electron chi connectivity index (χ3n) is 7.57. The fourth-order valence-electron chi connectivity index (χ4n) is 5.76. The number of benzene rings is 2. The van der Waals surface area contributed by atoms with Gasteiger partial charge in [0.05, 0.1) is 31.4 Å². The second kappa shape index (κ2) is 12.5. The predicted molar refractivity (Wildman–Crippen MR) is 160 cm³/mol. The Hall–Kier alpha value is -3.56. The fraction of sp³-hybridized carbons (Fsp3) is 0.500. The molecule has 222 valence electrons. The van der Waals surface area contributed by atoms with Gasteiger partial charge in [0.2, 0.25) is 0 Å². The van der Waals surface area contributed by atoms with Crippen molar-refractivity contribution in [3.05, 3.63) is 58.8 Å². The molecule has 1 aliphatic heterocycles. The number of fused-ring (bicyclic) bond motifs is 1. The zero-order chi connectivity index (χ0) is 29.9. The van der Waals surface area contributed by atoms with Gasteiger partial charge in [-0.15, -0.1) is 0 Å². The van der Waals surface area contributed by atoms with E-state index in [1.165, 1.54) is 7.11 Å². The van der Waals surface area contributed by atoms with Crippen molar-refractivity contribution < 1.29 is 28.5 Å². The summed E-state index contributed by atoms with van der Waals surface area (Å²) in [6, 6.07) is 9.64. The van der Waals surface area contributed by atoms with Crippen LogP contribution in [0.3, 0.4) is 0 Å². The molecule has 0 amide bonds. The number of aromatic nitrogens is 1. The lowest BCUT2D eigenvalue weighted by atomic mass is 9.90. The Balaban J connectivity index is 1.78. The van der Waals surface area contributed by atoms with E-state index >= 15 is 0 Å². The number of piperidine rings is 1. The number of hydrogen-bond donors (Lipinski definition) is 1. The summed E-state index contributed by atoms with van der Waals surface area (Å²) in [4.78, 5) is 27.8. The largest absolute Gasteiger partial charge is 0.496 e. The molecule has 0 aliphatic carbocycles. The minimum Gasteiger partial charge on any atom is -0.496 e. The molecular formula is C32H43N3O6. The Bertz CT molecular complexity index is 1410. The quantitative estimate of drug-likeness (QED) is 0.318. The van der Waals surface area contributed by atoms with Crippen molar-refractivity contribution in [3.8, 4) is 5.75 Å². The highest BCUT2D eigenvalue weighted by Gasteiger charge is 2.33. The first-order valence-corrected chi connectivity index (χ1v) is 14.2. The molecule has 41 heavy (non-hydrogen) atoms. The maximum Gasteiger partial charge on any atom is 0.419 e. The van der Waals surface area contributed by atoms with E-state index in [1.54, 1.807) is 17.9 Å². The van der Waals surface area contributed by atoms with Crippen molar-refractivity contribution in [2.45, 2.75) is 71.8 Å². The molecule has 1 N–H and O–H groups in total. The molecule has 1 fully saturated rings. The van der Waals surface area contributed by atoms with Gasteiger partial charge in [-0.25, -0.2) is 9.59 Å². The van der Waals surface area contributed by atoms with Gasteiger partial charge >= 0.3 is 12.1 Å². The molecule has 1 aliphatic rings. The Labute approximate surface area is 242 Å². The molecular weight excluding hydrogens is 522 g/mol. The highest BCUT2D eigenvalue weighted by molar-refractivity contribution is 5.95. The number of aryl methyl sites for hydroxylation is 1. The molecule has 0 spiro atoms. The zero-order valence-corrected chi connectivity index (χ0v) is 25.5. The van der Waals surface area contributed by atoms with Gasteiger partial charge in [-0.2, -0.15) is 0 Å². The van der Waals surface area contributed by atoms with E-state index < -0.39 is 11.7 Å². The third-order valence-corrected chi connectivity index (χ3v) is 7.57. The van der Waals surface area contributed by atoms with Gasteiger partial charge in [-0.3, -0.25) is 9.47 Å². The number of esters is 1. The standard InChI is InChI=1S/C32H43N3O6/c1-9-40-22-12-14-34(27(18-22)24-11-10-21(30(36)39-8)17-26(24)33-6)19-25-23-13-15-35(31(37)41-32(3,4)5)29(23)20(2)16-28(25)38-7/h10-11,13,15-17,22,27,33H,9,12,14,18-19H2,1-8H3/t22-,27+/m0/s1. The Morgan fingerprint density at radius 1 is 1.12 bits per heavy atom. The molecule has 0 radical (unpaired) electrons. The molecule has 4 rings (SSSR count). The average Bonchev–Trinajstić information content (AvgIpc) is 3.40. The molecule has 2 heterocycles. The van der Waals surface area contributed by atoms with Crippen LogP contribution in [0.25, 0.3) is 10.9 Å². The van der Waals surface area contributed by atoms with Crippen molar-refractivity contribution in [2.24, 2.45) is 0 Å². The summed E-state index contributed by atoms with van der Waals surface area (Å²) in [5.41, 5.74) is 4.59. The summed E-state index contributed by atoms with van der Waals surface area (Å²) < 4.78 is 24.2. The van der Waals surface area contributed by atoms with Crippen molar-refractivity contribution in [1.29, 1.82) is 0 Å². The summed E-state index contributed by atoms with van der Waals surface area (Å²) in [6.45, 7) is 11.7. The van der Waals surface area contributed by atoms with Crippen LogP contribution in [-0.2, 0) is 20.8 Å². The molecule has 3 aromatic rings. The number of anilines is 1. The van der Waals surface area contributed by atoms with Crippen LogP contribution in [0.2, 0.25) is 0 Å². The van der Waals surface area contributed by atoms with Crippen LogP contribution < -0.4 is 10.1 Å². The number of hydrogen-bond acceptors (Lipinski definition) is 8. The summed E-state index contributed by atoms with van der Waals surface area (Å²) in [6.07, 6.45) is 3.19. The van der Waals surface area contributed by atoms with Crippen LogP contribution in [0.5, 0.6) is 5.75 Å².